The summed E-state index contributed by atoms with van der Waals surface area (Å²) in [6.07, 6.45) is 5.11. The highest BCUT2D eigenvalue weighted by molar-refractivity contribution is 5.81. The number of hydrogen-bond donors (Lipinski definition) is 1. The molecule has 1 aromatic carbocycles. The molecule has 6 heteroatoms. The van der Waals surface area contributed by atoms with Crippen LogP contribution in [0.15, 0.2) is 42.2 Å². The summed E-state index contributed by atoms with van der Waals surface area (Å²) in [5.74, 6) is 1.64. The van der Waals surface area contributed by atoms with E-state index in [0.717, 1.165) is 11.3 Å². The number of nitrogen functional groups attached to an aromatic ring is 1. The zero-order valence-electron chi connectivity index (χ0n) is 12.1. The summed E-state index contributed by atoms with van der Waals surface area (Å²) in [6, 6.07) is 5.54. The number of ether oxygens (including phenoxy) is 2. The van der Waals surface area contributed by atoms with E-state index in [1.807, 2.05) is 25.1 Å². The van der Waals surface area contributed by atoms with Crippen molar-refractivity contribution in [1.82, 2.24) is 9.66 Å². The van der Waals surface area contributed by atoms with E-state index < -0.39 is 0 Å². The van der Waals surface area contributed by atoms with E-state index in [9.17, 15) is 0 Å². The number of nitrogens with zero attached hydrogens (tertiary/aromatic N) is 3. The van der Waals surface area contributed by atoms with Gasteiger partial charge in [-0.05, 0) is 30.7 Å². The zero-order valence-corrected chi connectivity index (χ0v) is 12.1. The Kier molecular flexibility index (Phi) is 4.61. The van der Waals surface area contributed by atoms with Gasteiger partial charge in [-0.3, -0.25) is 0 Å². The lowest BCUT2D eigenvalue weighted by molar-refractivity contribution is 0.326. The number of nitrogens with two attached hydrogens (primary N) is 1. The van der Waals surface area contributed by atoms with E-state index in [-0.39, 0.29) is 0 Å². The molecule has 0 radical (unpaired) electrons. The molecule has 0 atom stereocenters. The first-order chi connectivity index (χ1) is 10.1. The van der Waals surface area contributed by atoms with Crippen LogP contribution in [0.4, 0.5) is 5.95 Å². The largest absolute Gasteiger partial charge is 0.493 e. The number of methoxy groups -OCH3 is 1. The number of imidazole rings is 1. The van der Waals surface area contributed by atoms with Crippen molar-refractivity contribution in [3.63, 3.8) is 0 Å². The zero-order chi connectivity index (χ0) is 15.2. The Bertz CT molecular complexity index is 662. The van der Waals surface area contributed by atoms with Crippen molar-refractivity contribution in [1.29, 1.82) is 0 Å². The Balaban J connectivity index is 2.23. The van der Waals surface area contributed by atoms with Crippen LogP contribution < -0.4 is 15.2 Å². The second-order valence-electron chi connectivity index (χ2n) is 4.34. The number of aryl methyl sites for hydroxylation is 1. The fraction of sp³-hybridized carbons (Fsp3) is 0.200. The molecule has 110 valence electrons. The highest BCUT2D eigenvalue weighted by Gasteiger charge is 2.05. The molecule has 1 heterocycles. The van der Waals surface area contributed by atoms with Crippen LogP contribution in [0.2, 0.25) is 0 Å². The minimum atomic E-state index is 0.348. The van der Waals surface area contributed by atoms with Crippen LogP contribution in [0.5, 0.6) is 11.5 Å². The standard InChI is InChI=1S/C15H18N4O2/c1-4-7-21-14-8-12(5-6-13(14)20-3)9-17-19-10-11(2)18-15(19)16/h4-6,8-10H,1,7H2,2-3H3,(H2,16,18). The first kappa shape index (κ1) is 14.6. The maximum atomic E-state index is 5.73. The summed E-state index contributed by atoms with van der Waals surface area (Å²) >= 11 is 0. The second-order valence-corrected chi connectivity index (χ2v) is 4.34. The highest BCUT2D eigenvalue weighted by Crippen LogP contribution is 2.27. The Morgan fingerprint density at radius 1 is 1.43 bits per heavy atom. The Labute approximate surface area is 123 Å². The molecule has 0 aliphatic heterocycles. The van der Waals surface area contributed by atoms with E-state index in [1.165, 1.54) is 4.68 Å². The molecule has 0 aliphatic carbocycles. The van der Waals surface area contributed by atoms with Crippen LogP contribution in [0.25, 0.3) is 0 Å². The van der Waals surface area contributed by atoms with Crippen LogP contribution >= 0.6 is 0 Å². The topological polar surface area (TPSA) is 74.7 Å². The molecule has 1 aromatic heterocycles. The van der Waals surface area contributed by atoms with Gasteiger partial charge in [-0.25, -0.2) is 9.66 Å². The van der Waals surface area contributed by atoms with Gasteiger partial charge in [-0.1, -0.05) is 12.7 Å². The molecular weight excluding hydrogens is 268 g/mol. The molecule has 0 unspecified atom stereocenters. The van der Waals surface area contributed by atoms with Gasteiger partial charge in [-0.2, -0.15) is 5.10 Å². The fourth-order valence-corrected chi connectivity index (χ4v) is 1.76. The number of anilines is 1. The molecule has 6 nitrogen and oxygen atoms in total. The Morgan fingerprint density at radius 2 is 2.24 bits per heavy atom. The first-order valence-electron chi connectivity index (χ1n) is 6.41. The second kappa shape index (κ2) is 6.60. The summed E-state index contributed by atoms with van der Waals surface area (Å²) in [5.41, 5.74) is 7.41. The van der Waals surface area contributed by atoms with Crippen LogP contribution in [0.1, 0.15) is 11.3 Å². The van der Waals surface area contributed by atoms with Gasteiger partial charge >= 0.3 is 0 Å². The molecule has 0 bridgehead atoms. The lowest BCUT2D eigenvalue weighted by atomic mass is 10.2. The third-order valence-electron chi connectivity index (χ3n) is 2.71. The van der Waals surface area contributed by atoms with Crippen molar-refractivity contribution in [2.75, 3.05) is 19.5 Å². The third-order valence-corrected chi connectivity index (χ3v) is 2.71. The van der Waals surface area contributed by atoms with E-state index in [4.69, 9.17) is 15.2 Å². The van der Waals surface area contributed by atoms with Gasteiger partial charge in [0.05, 0.1) is 25.2 Å². The van der Waals surface area contributed by atoms with Gasteiger partial charge in [0.2, 0.25) is 5.95 Å². The van der Waals surface area contributed by atoms with Gasteiger partial charge in [0, 0.05) is 0 Å². The summed E-state index contributed by atoms with van der Waals surface area (Å²) in [5, 5.41) is 4.26. The Hall–Kier alpha value is -2.76. The smallest absolute Gasteiger partial charge is 0.221 e. The number of rotatable bonds is 6. The molecular formula is C15H18N4O2. The molecule has 2 rings (SSSR count). The predicted molar refractivity (Wildman–Crippen MR) is 83.1 cm³/mol. The van der Waals surface area contributed by atoms with Gasteiger partial charge < -0.3 is 15.2 Å². The van der Waals surface area contributed by atoms with Crippen molar-refractivity contribution < 1.29 is 9.47 Å². The molecule has 2 N–H and O–H groups in total. The molecule has 2 aromatic rings. The highest BCUT2D eigenvalue weighted by atomic mass is 16.5. The van der Waals surface area contributed by atoms with Gasteiger partial charge in [0.15, 0.2) is 11.5 Å². The van der Waals surface area contributed by atoms with Crippen LogP contribution in [-0.2, 0) is 0 Å². The number of hydrogen-bond acceptors (Lipinski definition) is 5. The Morgan fingerprint density at radius 3 is 2.86 bits per heavy atom. The summed E-state index contributed by atoms with van der Waals surface area (Å²) in [4.78, 5) is 4.08. The fourth-order valence-electron chi connectivity index (χ4n) is 1.76. The van der Waals surface area contributed by atoms with Gasteiger partial charge in [-0.15, -0.1) is 0 Å². The summed E-state index contributed by atoms with van der Waals surface area (Å²) in [6.45, 7) is 5.89. The first-order valence-corrected chi connectivity index (χ1v) is 6.41. The minimum Gasteiger partial charge on any atom is -0.493 e. The lowest BCUT2D eigenvalue weighted by Gasteiger charge is -2.09. The quantitative estimate of drug-likeness (QED) is 0.652. The average Bonchev–Trinajstić information content (AvgIpc) is 2.81. The SMILES string of the molecule is C=CCOc1cc(C=Nn2cc(C)nc2N)ccc1OC. The molecule has 21 heavy (non-hydrogen) atoms. The maximum Gasteiger partial charge on any atom is 0.221 e. The average molecular weight is 286 g/mol. The number of benzene rings is 1. The molecule has 0 fully saturated rings. The van der Waals surface area contributed by atoms with Crippen LogP contribution in [0.3, 0.4) is 0 Å². The van der Waals surface area contributed by atoms with Crippen molar-refractivity contribution in [3.05, 3.63) is 48.3 Å². The molecule has 0 saturated heterocycles. The molecule has 0 aliphatic rings. The molecule has 0 saturated carbocycles. The normalized spacial score (nSPS) is 10.8. The maximum absolute atomic E-state index is 5.73. The van der Waals surface area contributed by atoms with Crippen molar-refractivity contribution in [3.8, 4) is 11.5 Å². The van der Waals surface area contributed by atoms with Crippen molar-refractivity contribution in [2.24, 2.45) is 5.10 Å². The monoisotopic (exact) mass is 286 g/mol. The summed E-state index contributed by atoms with van der Waals surface area (Å²) < 4.78 is 12.3. The van der Waals surface area contributed by atoms with E-state index in [2.05, 4.69) is 16.7 Å². The molecule has 0 amide bonds. The van der Waals surface area contributed by atoms with E-state index in [1.54, 1.807) is 25.6 Å². The van der Waals surface area contributed by atoms with E-state index >= 15 is 0 Å². The minimum absolute atomic E-state index is 0.348. The van der Waals surface area contributed by atoms with Crippen molar-refractivity contribution >= 4 is 12.2 Å². The third kappa shape index (κ3) is 3.62. The van der Waals surface area contributed by atoms with Crippen molar-refractivity contribution in [2.45, 2.75) is 6.92 Å². The predicted octanol–water partition coefficient (Wildman–Crippen LogP) is 2.23. The summed E-state index contributed by atoms with van der Waals surface area (Å²) in [7, 11) is 1.60. The number of aromatic nitrogens is 2. The van der Waals surface area contributed by atoms with Crippen LogP contribution in [-0.4, -0.2) is 29.6 Å². The van der Waals surface area contributed by atoms with Gasteiger partial charge in [0.1, 0.15) is 6.61 Å². The molecule has 0 spiro atoms. The van der Waals surface area contributed by atoms with E-state index in [0.29, 0.717) is 24.1 Å². The van der Waals surface area contributed by atoms with Crippen LogP contribution in [0, 0.1) is 6.92 Å². The lowest BCUT2D eigenvalue weighted by Crippen LogP contribution is -1.99. The van der Waals surface area contributed by atoms with Gasteiger partial charge in [0.25, 0.3) is 0 Å².